The van der Waals surface area contributed by atoms with Crippen molar-refractivity contribution in [3.05, 3.63) is 61.4 Å². The summed E-state index contributed by atoms with van der Waals surface area (Å²) >= 11 is 0. The van der Waals surface area contributed by atoms with Gasteiger partial charge in [0, 0.05) is 37.4 Å². The first kappa shape index (κ1) is 19.7. The Hall–Kier alpha value is -3.23. The van der Waals surface area contributed by atoms with Crippen LogP contribution < -0.4 is 4.74 Å². The number of piperidine rings is 1. The van der Waals surface area contributed by atoms with Gasteiger partial charge in [-0.3, -0.25) is 5.10 Å². The van der Waals surface area contributed by atoms with Gasteiger partial charge in [0.25, 0.3) is 0 Å². The first-order valence-electron chi connectivity index (χ1n) is 10.7. The van der Waals surface area contributed by atoms with Crippen molar-refractivity contribution >= 4 is 10.8 Å². The molecule has 0 aliphatic carbocycles. The van der Waals surface area contributed by atoms with Crippen LogP contribution in [0.4, 0.5) is 0 Å². The number of fused-ring (bicyclic) bond motifs is 1. The SMILES string of the molecule is OC(COc1cc(-c2cn[nH]c2)c2ccccc2c1)CN1CCC(n2cnnc2)CC1. The van der Waals surface area contributed by atoms with Crippen LogP contribution in [0.2, 0.25) is 0 Å². The number of aromatic nitrogens is 5. The molecule has 0 spiro atoms. The average molecular weight is 419 g/mol. The number of aliphatic hydroxyl groups is 1. The molecule has 1 saturated heterocycles. The van der Waals surface area contributed by atoms with Crippen LogP contribution in [0.3, 0.4) is 0 Å². The van der Waals surface area contributed by atoms with E-state index in [1.807, 2.05) is 36.7 Å². The number of aromatic amines is 1. The number of likely N-dealkylation sites (tertiary alicyclic amines) is 1. The standard InChI is InChI=1S/C23H26N6O2/c30-20(13-28-7-5-19(6-8-28)29-15-26-27-16-29)14-31-21-9-17-3-1-2-4-22(17)23(10-21)18-11-24-25-12-18/h1-4,9-12,15-16,19-20,30H,5-8,13-14H2,(H,24,25). The number of nitrogens with zero attached hydrogens (tertiary/aromatic N) is 5. The minimum Gasteiger partial charge on any atom is -0.491 e. The molecular formula is C23H26N6O2. The van der Waals surface area contributed by atoms with E-state index in [-0.39, 0.29) is 6.61 Å². The predicted molar refractivity (Wildman–Crippen MR) is 118 cm³/mol. The maximum absolute atomic E-state index is 10.6. The van der Waals surface area contributed by atoms with Gasteiger partial charge in [-0.05, 0) is 41.3 Å². The minimum absolute atomic E-state index is 0.258. The molecule has 5 rings (SSSR count). The molecule has 2 aromatic carbocycles. The highest BCUT2D eigenvalue weighted by atomic mass is 16.5. The Balaban J connectivity index is 1.20. The molecule has 0 amide bonds. The number of β-amino-alcohol motifs (C(OH)–C–C–N with tert-alkyl or cyclic N) is 1. The monoisotopic (exact) mass is 418 g/mol. The molecule has 4 aromatic rings. The van der Waals surface area contributed by atoms with Gasteiger partial charge in [-0.2, -0.15) is 5.10 Å². The van der Waals surface area contributed by atoms with E-state index >= 15 is 0 Å². The first-order chi connectivity index (χ1) is 15.3. The number of hydrogen-bond donors (Lipinski definition) is 2. The van der Waals surface area contributed by atoms with Crippen molar-refractivity contribution in [1.82, 2.24) is 29.9 Å². The van der Waals surface area contributed by atoms with E-state index in [0.29, 0.717) is 12.6 Å². The Morgan fingerprint density at radius 2 is 1.94 bits per heavy atom. The Bertz CT molecular complexity index is 1100. The van der Waals surface area contributed by atoms with Gasteiger partial charge in [-0.25, -0.2) is 0 Å². The summed E-state index contributed by atoms with van der Waals surface area (Å²) in [6, 6.07) is 12.7. The maximum atomic E-state index is 10.6. The molecule has 8 heteroatoms. The Morgan fingerprint density at radius 3 is 2.71 bits per heavy atom. The summed E-state index contributed by atoms with van der Waals surface area (Å²) in [6.07, 6.45) is 8.77. The van der Waals surface area contributed by atoms with Crippen LogP contribution in [0, 0.1) is 0 Å². The molecule has 2 N–H and O–H groups in total. The molecule has 8 nitrogen and oxygen atoms in total. The predicted octanol–water partition coefficient (Wildman–Crippen LogP) is 2.90. The van der Waals surface area contributed by atoms with Crippen LogP contribution in [0.25, 0.3) is 21.9 Å². The fourth-order valence-electron chi connectivity index (χ4n) is 4.34. The summed E-state index contributed by atoms with van der Waals surface area (Å²) in [7, 11) is 0. The van der Waals surface area contributed by atoms with Crippen molar-refractivity contribution in [2.24, 2.45) is 0 Å². The lowest BCUT2D eigenvalue weighted by atomic mass is 10.00. The lowest BCUT2D eigenvalue weighted by Crippen LogP contribution is -2.41. The van der Waals surface area contributed by atoms with Crippen LogP contribution in [0.5, 0.6) is 5.75 Å². The highest BCUT2D eigenvalue weighted by Gasteiger charge is 2.22. The lowest BCUT2D eigenvalue weighted by Gasteiger charge is -2.33. The summed E-state index contributed by atoms with van der Waals surface area (Å²) in [5, 5.41) is 27.6. The molecule has 0 radical (unpaired) electrons. The van der Waals surface area contributed by atoms with Crippen LogP contribution in [0.1, 0.15) is 18.9 Å². The van der Waals surface area contributed by atoms with Gasteiger partial charge in [-0.1, -0.05) is 24.3 Å². The van der Waals surface area contributed by atoms with Crippen LogP contribution >= 0.6 is 0 Å². The summed E-state index contributed by atoms with van der Waals surface area (Å²) in [6.45, 7) is 2.76. The van der Waals surface area contributed by atoms with Crippen molar-refractivity contribution in [2.45, 2.75) is 25.0 Å². The van der Waals surface area contributed by atoms with Crippen LogP contribution in [-0.4, -0.2) is 67.3 Å². The summed E-state index contributed by atoms with van der Waals surface area (Å²) in [5.74, 6) is 0.750. The second kappa shape index (κ2) is 8.87. The van der Waals surface area contributed by atoms with E-state index < -0.39 is 6.10 Å². The largest absolute Gasteiger partial charge is 0.491 e. The third-order valence-corrected chi connectivity index (χ3v) is 5.97. The zero-order valence-corrected chi connectivity index (χ0v) is 17.3. The molecule has 3 heterocycles. The third-order valence-electron chi connectivity index (χ3n) is 5.97. The van der Waals surface area contributed by atoms with Gasteiger partial charge in [0.2, 0.25) is 0 Å². The van der Waals surface area contributed by atoms with Crippen molar-refractivity contribution in [1.29, 1.82) is 0 Å². The number of aliphatic hydroxyl groups excluding tert-OH is 1. The topological polar surface area (TPSA) is 92.1 Å². The highest BCUT2D eigenvalue weighted by Crippen LogP contribution is 2.32. The Morgan fingerprint density at radius 1 is 1.13 bits per heavy atom. The molecule has 1 unspecified atom stereocenters. The van der Waals surface area contributed by atoms with Gasteiger partial charge in [0.05, 0.1) is 6.20 Å². The first-order valence-corrected chi connectivity index (χ1v) is 10.7. The van der Waals surface area contributed by atoms with Crippen LogP contribution in [-0.2, 0) is 0 Å². The normalized spacial score (nSPS) is 16.5. The number of H-pyrrole nitrogens is 1. The Kier molecular flexibility index (Phi) is 5.64. The van der Waals surface area contributed by atoms with Crippen molar-refractivity contribution in [2.75, 3.05) is 26.2 Å². The minimum atomic E-state index is -0.546. The molecular weight excluding hydrogens is 392 g/mol. The van der Waals surface area contributed by atoms with Crippen molar-refractivity contribution in [3.63, 3.8) is 0 Å². The number of nitrogens with one attached hydrogen (secondary N) is 1. The molecule has 1 aliphatic rings. The molecule has 31 heavy (non-hydrogen) atoms. The summed E-state index contributed by atoms with van der Waals surface area (Å²) in [4.78, 5) is 2.30. The smallest absolute Gasteiger partial charge is 0.120 e. The number of benzene rings is 2. The molecule has 1 aliphatic heterocycles. The quantitative estimate of drug-likeness (QED) is 0.480. The second-order valence-corrected chi connectivity index (χ2v) is 8.08. The van der Waals surface area contributed by atoms with Gasteiger partial charge < -0.3 is 19.3 Å². The highest BCUT2D eigenvalue weighted by molar-refractivity contribution is 5.97. The van der Waals surface area contributed by atoms with Gasteiger partial charge in [0.1, 0.15) is 31.1 Å². The zero-order chi connectivity index (χ0) is 21.0. The fraction of sp³-hybridized carbons (Fsp3) is 0.348. The molecule has 1 fully saturated rings. The maximum Gasteiger partial charge on any atom is 0.120 e. The van der Waals surface area contributed by atoms with E-state index in [0.717, 1.165) is 53.6 Å². The van der Waals surface area contributed by atoms with Crippen LogP contribution in [0.15, 0.2) is 61.4 Å². The zero-order valence-electron chi connectivity index (χ0n) is 17.3. The number of hydrogen-bond acceptors (Lipinski definition) is 6. The Labute approximate surface area is 180 Å². The van der Waals surface area contributed by atoms with E-state index in [2.05, 4.69) is 42.0 Å². The molecule has 2 aromatic heterocycles. The summed E-state index contributed by atoms with van der Waals surface area (Å²) in [5.41, 5.74) is 2.07. The fourth-order valence-corrected chi connectivity index (χ4v) is 4.34. The van der Waals surface area contributed by atoms with Crippen molar-refractivity contribution < 1.29 is 9.84 Å². The number of rotatable bonds is 7. The van der Waals surface area contributed by atoms with Gasteiger partial charge in [-0.15, -0.1) is 10.2 Å². The molecule has 160 valence electrons. The third kappa shape index (κ3) is 4.45. The molecule has 0 saturated carbocycles. The van der Waals surface area contributed by atoms with Crippen molar-refractivity contribution in [3.8, 4) is 16.9 Å². The summed E-state index contributed by atoms with van der Waals surface area (Å²) < 4.78 is 8.09. The molecule has 1 atom stereocenters. The average Bonchev–Trinajstić information content (AvgIpc) is 3.52. The molecule has 0 bridgehead atoms. The second-order valence-electron chi connectivity index (χ2n) is 8.08. The van der Waals surface area contributed by atoms with Gasteiger partial charge in [0.15, 0.2) is 0 Å². The lowest BCUT2D eigenvalue weighted by molar-refractivity contribution is 0.0559. The van der Waals surface area contributed by atoms with E-state index in [1.165, 1.54) is 0 Å². The van der Waals surface area contributed by atoms with Gasteiger partial charge >= 0.3 is 0 Å². The van der Waals surface area contributed by atoms with E-state index in [9.17, 15) is 5.11 Å². The van der Waals surface area contributed by atoms with E-state index in [4.69, 9.17) is 4.74 Å². The van der Waals surface area contributed by atoms with E-state index in [1.54, 1.807) is 12.7 Å². The number of ether oxygens (including phenoxy) is 1.